The number of hydrogen-bond donors (Lipinski definition) is 0. The summed E-state index contributed by atoms with van der Waals surface area (Å²) in [4.78, 5) is 11.1. The highest BCUT2D eigenvalue weighted by Crippen LogP contribution is 2.37. The second kappa shape index (κ2) is 5.81. The molecule has 0 saturated carbocycles. The number of halogens is 6. The van der Waals surface area contributed by atoms with Crippen LogP contribution in [0.5, 0.6) is 5.19 Å². The van der Waals surface area contributed by atoms with E-state index in [0.29, 0.717) is 0 Å². The van der Waals surface area contributed by atoms with Crippen LogP contribution in [0.1, 0.15) is 16.7 Å². The third-order valence-electron chi connectivity index (χ3n) is 1.67. The van der Waals surface area contributed by atoms with Crippen LogP contribution in [-0.4, -0.2) is 41.2 Å². The molecule has 114 valence electrons. The number of esters is 1. The Bertz CT molecular complexity index is 458. The highest BCUT2D eigenvalue weighted by atomic mass is 32.1. The minimum atomic E-state index is -5.67. The fraction of sp³-hybridized carbons (Fsp3) is 0.625. The average molecular weight is 324 g/mol. The molecular formula is C8H6F6N2O3S. The van der Waals surface area contributed by atoms with Gasteiger partial charge in [0.05, 0.1) is 6.61 Å². The van der Waals surface area contributed by atoms with Gasteiger partial charge in [0.2, 0.25) is 5.01 Å². The van der Waals surface area contributed by atoms with Crippen molar-refractivity contribution in [3.8, 4) is 5.19 Å². The fourth-order valence-corrected chi connectivity index (χ4v) is 1.57. The molecule has 20 heavy (non-hydrogen) atoms. The van der Waals surface area contributed by atoms with Gasteiger partial charge in [0.25, 0.3) is 11.3 Å². The van der Waals surface area contributed by atoms with Gasteiger partial charge in [-0.25, -0.2) is 4.79 Å². The average Bonchev–Trinajstić information content (AvgIpc) is 2.71. The molecule has 0 N–H and O–H groups in total. The second-order valence-electron chi connectivity index (χ2n) is 3.17. The van der Waals surface area contributed by atoms with Crippen LogP contribution in [0.15, 0.2) is 0 Å². The maximum atomic E-state index is 12.2. The first-order valence-electron chi connectivity index (χ1n) is 4.86. The molecule has 0 aliphatic rings. The minimum Gasteiger partial charge on any atom is -0.461 e. The van der Waals surface area contributed by atoms with E-state index < -0.39 is 34.6 Å². The van der Waals surface area contributed by atoms with Crippen molar-refractivity contribution in [3.63, 3.8) is 0 Å². The zero-order chi connectivity index (χ0) is 15.6. The van der Waals surface area contributed by atoms with Crippen LogP contribution in [-0.2, 0) is 4.74 Å². The number of nitrogens with zero attached hydrogens (tertiary/aromatic N) is 2. The van der Waals surface area contributed by atoms with E-state index >= 15 is 0 Å². The summed E-state index contributed by atoms with van der Waals surface area (Å²) in [6, 6.07) is 0. The van der Waals surface area contributed by atoms with Crippen LogP contribution in [0, 0.1) is 0 Å². The molecule has 0 saturated heterocycles. The first-order valence-corrected chi connectivity index (χ1v) is 5.68. The van der Waals surface area contributed by atoms with Crippen LogP contribution in [0.2, 0.25) is 0 Å². The third-order valence-corrected chi connectivity index (χ3v) is 2.46. The van der Waals surface area contributed by atoms with Crippen LogP contribution < -0.4 is 4.74 Å². The molecule has 0 radical (unpaired) electrons. The zero-order valence-corrected chi connectivity index (χ0v) is 10.4. The van der Waals surface area contributed by atoms with E-state index in [1.54, 1.807) is 0 Å². The topological polar surface area (TPSA) is 61.3 Å². The van der Waals surface area contributed by atoms with Gasteiger partial charge >= 0.3 is 18.3 Å². The molecule has 0 unspecified atom stereocenters. The van der Waals surface area contributed by atoms with Crippen molar-refractivity contribution in [3.05, 3.63) is 5.01 Å². The van der Waals surface area contributed by atoms with E-state index in [-0.39, 0.29) is 17.9 Å². The summed E-state index contributed by atoms with van der Waals surface area (Å²) in [6.07, 6.45) is -15.4. The molecule has 0 aliphatic heterocycles. The van der Waals surface area contributed by atoms with Gasteiger partial charge in [-0.1, -0.05) is 5.10 Å². The number of ether oxygens (including phenoxy) is 2. The monoisotopic (exact) mass is 324 g/mol. The van der Waals surface area contributed by atoms with Crippen molar-refractivity contribution < 1.29 is 40.6 Å². The second-order valence-corrected chi connectivity index (χ2v) is 4.11. The lowest BCUT2D eigenvalue weighted by molar-refractivity contribution is -0.299. The molecule has 0 fully saturated rings. The summed E-state index contributed by atoms with van der Waals surface area (Å²) in [5.41, 5.74) is 0. The van der Waals surface area contributed by atoms with Crippen LogP contribution in [0.3, 0.4) is 0 Å². The van der Waals surface area contributed by atoms with E-state index in [9.17, 15) is 31.1 Å². The normalized spacial score (nSPS) is 12.6. The van der Waals surface area contributed by atoms with Crippen molar-refractivity contribution in [2.24, 2.45) is 0 Å². The lowest BCUT2D eigenvalue weighted by atomic mass is 10.3. The van der Waals surface area contributed by atoms with Crippen LogP contribution in [0.25, 0.3) is 0 Å². The Hall–Kier alpha value is -1.59. The van der Waals surface area contributed by atoms with Gasteiger partial charge in [-0.2, -0.15) is 26.3 Å². The van der Waals surface area contributed by atoms with E-state index in [1.807, 2.05) is 0 Å². The molecule has 0 bridgehead atoms. The molecule has 0 spiro atoms. The first kappa shape index (κ1) is 16.5. The maximum Gasteiger partial charge on any atom is 0.434 e. The number of rotatable bonds is 4. The number of carbonyl (C=O) groups excluding carboxylic acids is 1. The van der Waals surface area contributed by atoms with Crippen molar-refractivity contribution in [1.82, 2.24) is 10.2 Å². The molecular weight excluding hydrogens is 318 g/mol. The molecule has 0 aromatic carbocycles. The zero-order valence-electron chi connectivity index (χ0n) is 9.58. The Morgan fingerprint density at radius 1 is 1.20 bits per heavy atom. The van der Waals surface area contributed by atoms with Crippen molar-refractivity contribution in [2.45, 2.75) is 25.4 Å². The molecule has 0 amide bonds. The van der Waals surface area contributed by atoms with Gasteiger partial charge in [0, 0.05) is 0 Å². The number of carbonyl (C=O) groups is 1. The summed E-state index contributed by atoms with van der Waals surface area (Å²) in [5.74, 6) is -1.02. The molecule has 5 nitrogen and oxygen atoms in total. The third kappa shape index (κ3) is 4.21. The largest absolute Gasteiger partial charge is 0.461 e. The summed E-state index contributed by atoms with van der Waals surface area (Å²) in [6.45, 7) is 1.42. The van der Waals surface area contributed by atoms with Gasteiger partial charge in [-0.05, 0) is 18.3 Å². The minimum absolute atomic E-state index is 0.0394. The quantitative estimate of drug-likeness (QED) is 0.629. The predicted octanol–water partition coefficient (Wildman–Crippen LogP) is 2.59. The summed E-state index contributed by atoms with van der Waals surface area (Å²) in [5, 5.41) is 4.47. The van der Waals surface area contributed by atoms with Crippen LogP contribution in [0.4, 0.5) is 26.3 Å². The number of aromatic nitrogens is 2. The highest BCUT2D eigenvalue weighted by Gasteiger charge is 2.59. The molecule has 1 aromatic heterocycles. The van der Waals surface area contributed by atoms with E-state index in [1.165, 1.54) is 6.92 Å². The van der Waals surface area contributed by atoms with Crippen LogP contribution >= 0.6 is 11.3 Å². The summed E-state index contributed by atoms with van der Waals surface area (Å²) in [7, 11) is 0. The van der Waals surface area contributed by atoms with E-state index in [2.05, 4.69) is 19.7 Å². The van der Waals surface area contributed by atoms with E-state index in [4.69, 9.17) is 0 Å². The highest BCUT2D eigenvalue weighted by molar-refractivity contribution is 7.14. The molecule has 0 aliphatic carbocycles. The Morgan fingerprint density at radius 2 is 1.75 bits per heavy atom. The SMILES string of the molecule is CCOC(=O)c1nnc(OC(C(F)(F)F)C(F)(F)F)s1. The van der Waals surface area contributed by atoms with Gasteiger partial charge in [0.1, 0.15) is 0 Å². The fourth-order valence-electron chi connectivity index (χ4n) is 0.953. The Balaban J connectivity index is 2.88. The molecule has 1 heterocycles. The lowest BCUT2D eigenvalue weighted by Crippen LogP contribution is -2.46. The van der Waals surface area contributed by atoms with Crippen molar-refractivity contribution in [2.75, 3.05) is 6.61 Å². The Morgan fingerprint density at radius 3 is 2.20 bits per heavy atom. The predicted molar refractivity (Wildman–Crippen MR) is 52.4 cm³/mol. The molecule has 1 aromatic rings. The summed E-state index contributed by atoms with van der Waals surface area (Å²) >= 11 is 0.122. The Labute approximate surface area is 111 Å². The molecule has 12 heteroatoms. The Kier molecular flexibility index (Phi) is 4.78. The smallest absolute Gasteiger partial charge is 0.434 e. The lowest BCUT2D eigenvalue weighted by Gasteiger charge is -2.21. The van der Waals surface area contributed by atoms with Gasteiger partial charge in [-0.3, -0.25) is 0 Å². The first-order chi connectivity index (χ1) is 9.05. The van der Waals surface area contributed by atoms with Crippen molar-refractivity contribution in [1.29, 1.82) is 0 Å². The van der Waals surface area contributed by atoms with E-state index in [0.717, 1.165) is 0 Å². The maximum absolute atomic E-state index is 12.2. The number of alkyl halides is 6. The van der Waals surface area contributed by atoms with Gasteiger partial charge in [-0.15, -0.1) is 5.10 Å². The molecule has 0 atom stereocenters. The summed E-state index contributed by atoms with van der Waals surface area (Å²) < 4.78 is 81.4. The number of hydrogen-bond acceptors (Lipinski definition) is 6. The van der Waals surface area contributed by atoms with Gasteiger partial charge in [0.15, 0.2) is 0 Å². The standard InChI is InChI=1S/C8H6F6N2O3S/c1-2-18-4(17)3-15-16-6(20-3)19-5(7(9,10)11)8(12,13)14/h5H,2H2,1H3. The van der Waals surface area contributed by atoms with Crippen molar-refractivity contribution >= 4 is 17.3 Å². The van der Waals surface area contributed by atoms with Gasteiger partial charge < -0.3 is 9.47 Å². The molecule has 1 rings (SSSR count).